The highest BCUT2D eigenvalue weighted by atomic mass is 32.1. The van der Waals surface area contributed by atoms with Gasteiger partial charge in [0.1, 0.15) is 5.01 Å². The predicted octanol–water partition coefficient (Wildman–Crippen LogP) is 1.51. The number of thiazole rings is 1. The molecule has 2 nitrogen and oxygen atoms in total. The molecule has 56 valence electrons. The Kier molecular flexibility index (Phi) is 2.40. The van der Waals surface area contributed by atoms with E-state index in [1.54, 1.807) is 11.3 Å². The summed E-state index contributed by atoms with van der Waals surface area (Å²) in [6, 6.07) is 0. The van der Waals surface area contributed by atoms with Gasteiger partial charge in [0.15, 0.2) is 0 Å². The fraction of sp³-hybridized carbons (Fsp3) is 0.571. The molecular weight excluding hydrogens is 146 g/mol. The highest BCUT2D eigenvalue weighted by Crippen LogP contribution is 2.17. The van der Waals surface area contributed by atoms with E-state index in [9.17, 15) is 0 Å². The molecule has 0 radical (unpaired) electrons. The molecule has 3 heteroatoms. The second-order valence-electron chi connectivity index (χ2n) is 2.13. The van der Waals surface area contributed by atoms with E-state index in [1.807, 2.05) is 6.92 Å². The van der Waals surface area contributed by atoms with Crippen LogP contribution in [0.3, 0.4) is 0 Å². The van der Waals surface area contributed by atoms with Gasteiger partial charge in [0.05, 0.1) is 12.3 Å². The topological polar surface area (TPSA) is 33.1 Å². The van der Waals surface area contributed by atoms with Crippen LogP contribution in [0.15, 0.2) is 0 Å². The van der Waals surface area contributed by atoms with Gasteiger partial charge in [0, 0.05) is 4.88 Å². The van der Waals surface area contributed by atoms with Gasteiger partial charge < -0.3 is 5.11 Å². The largest absolute Gasteiger partial charge is 0.389 e. The quantitative estimate of drug-likeness (QED) is 0.705. The summed E-state index contributed by atoms with van der Waals surface area (Å²) in [6.07, 6.45) is 1.02. The Bertz CT molecular complexity index is 219. The van der Waals surface area contributed by atoms with E-state index < -0.39 is 0 Å². The first kappa shape index (κ1) is 7.69. The second kappa shape index (κ2) is 3.12. The third-order valence-corrected chi connectivity index (χ3v) is 2.68. The SMILES string of the molecule is CCc1sc(CO)nc1C. The molecule has 10 heavy (non-hydrogen) atoms. The van der Waals surface area contributed by atoms with Crippen molar-refractivity contribution >= 4 is 11.3 Å². The van der Waals surface area contributed by atoms with Gasteiger partial charge >= 0.3 is 0 Å². The van der Waals surface area contributed by atoms with E-state index in [4.69, 9.17) is 5.11 Å². The van der Waals surface area contributed by atoms with Crippen molar-refractivity contribution < 1.29 is 5.11 Å². The summed E-state index contributed by atoms with van der Waals surface area (Å²) >= 11 is 1.60. The molecule has 0 saturated heterocycles. The van der Waals surface area contributed by atoms with E-state index in [2.05, 4.69) is 11.9 Å². The number of aryl methyl sites for hydroxylation is 2. The van der Waals surface area contributed by atoms with E-state index in [0.29, 0.717) is 0 Å². The molecule has 0 amide bonds. The van der Waals surface area contributed by atoms with Crippen molar-refractivity contribution in [3.05, 3.63) is 15.6 Å². The fourth-order valence-corrected chi connectivity index (χ4v) is 1.75. The molecule has 0 aromatic carbocycles. The summed E-state index contributed by atoms with van der Waals surface area (Å²) in [5.41, 5.74) is 1.07. The minimum atomic E-state index is 0.0749. The van der Waals surface area contributed by atoms with Crippen molar-refractivity contribution in [2.45, 2.75) is 26.9 Å². The molecule has 1 heterocycles. The van der Waals surface area contributed by atoms with E-state index in [0.717, 1.165) is 17.1 Å². The van der Waals surface area contributed by atoms with Crippen molar-refractivity contribution in [2.24, 2.45) is 0 Å². The molecule has 0 atom stereocenters. The lowest BCUT2D eigenvalue weighted by Gasteiger charge is -1.85. The van der Waals surface area contributed by atoms with Crippen molar-refractivity contribution in [1.82, 2.24) is 4.98 Å². The highest BCUT2D eigenvalue weighted by molar-refractivity contribution is 7.11. The minimum absolute atomic E-state index is 0.0749. The first-order valence-electron chi connectivity index (χ1n) is 3.34. The van der Waals surface area contributed by atoms with Crippen molar-refractivity contribution in [3.8, 4) is 0 Å². The lowest BCUT2D eigenvalue weighted by atomic mass is 10.3. The van der Waals surface area contributed by atoms with Crippen LogP contribution in [0.1, 0.15) is 22.5 Å². The fourth-order valence-electron chi connectivity index (χ4n) is 0.884. The van der Waals surface area contributed by atoms with Crippen LogP contribution < -0.4 is 0 Å². The molecule has 0 unspecified atom stereocenters. The third-order valence-electron chi connectivity index (χ3n) is 1.39. The molecule has 0 aliphatic carbocycles. The minimum Gasteiger partial charge on any atom is -0.389 e. The first-order chi connectivity index (χ1) is 4.77. The molecule has 0 aliphatic rings. The Morgan fingerprint density at radius 1 is 1.60 bits per heavy atom. The number of nitrogens with zero attached hydrogens (tertiary/aromatic N) is 1. The lowest BCUT2D eigenvalue weighted by molar-refractivity contribution is 0.281. The summed E-state index contributed by atoms with van der Waals surface area (Å²) in [5.74, 6) is 0. The smallest absolute Gasteiger partial charge is 0.119 e. The van der Waals surface area contributed by atoms with Crippen LogP contribution in [0.4, 0.5) is 0 Å². The number of hydrogen-bond acceptors (Lipinski definition) is 3. The molecule has 1 N–H and O–H groups in total. The number of aliphatic hydroxyl groups is 1. The van der Waals surface area contributed by atoms with Gasteiger partial charge in [0.25, 0.3) is 0 Å². The van der Waals surface area contributed by atoms with Gasteiger partial charge in [0.2, 0.25) is 0 Å². The summed E-state index contributed by atoms with van der Waals surface area (Å²) in [7, 11) is 0. The third kappa shape index (κ3) is 1.36. The van der Waals surface area contributed by atoms with Crippen LogP contribution in [0.5, 0.6) is 0 Å². The Balaban J connectivity index is 2.92. The highest BCUT2D eigenvalue weighted by Gasteiger charge is 2.02. The van der Waals surface area contributed by atoms with Crippen molar-refractivity contribution in [1.29, 1.82) is 0 Å². The van der Waals surface area contributed by atoms with Gasteiger partial charge in [-0.3, -0.25) is 0 Å². The van der Waals surface area contributed by atoms with Crippen LogP contribution in [-0.4, -0.2) is 10.1 Å². The summed E-state index contributed by atoms with van der Waals surface area (Å²) in [6.45, 7) is 4.15. The summed E-state index contributed by atoms with van der Waals surface area (Å²) < 4.78 is 0. The van der Waals surface area contributed by atoms with Gasteiger partial charge in [-0.05, 0) is 13.3 Å². The maximum Gasteiger partial charge on any atom is 0.119 e. The molecule has 0 bridgehead atoms. The van der Waals surface area contributed by atoms with Crippen molar-refractivity contribution in [3.63, 3.8) is 0 Å². The van der Waals surface area contributed by atoms with Gasteiger partial charge in [-0.1, -0.05) is 6.92 Å². The average molecular weight is 157 g/mol. The molecule has 1 rings (SSSR count). The van der Waals surface area contributed by atoms with Crippen LogP contribution in [0.25, 0.3) is 0 Å². The monoisotopic (exact) mass is 157 g/mol. The van der Waals surface area contributed by atoms with Gasteiger partial charge in [-0.15, -0.1) is 11.3 Å². The first-order valence-corrected chi connectivity index (χ1v) is 4.15. The van der Waals surface area contributed by atoms with Gasteiger partial charge in [-0.25, -0.2) is 4.98 Å². The molecule has 1 aromatic heterocycles. The normalized spacial score (nSPS) is 10.3. The number of aromatic nitrogens is 1. The Morgan fingerprint density at radius 3 is 2.60 bits per heavy atom. The van der Waals surface area contributed by atoms with Crippen LogP contribution >= 0.6 is 11.3 Å². The molecule has 0 fully saturated rings. The molecule has 0 spiro atoms. The lowest BCUT2D eigenvalue weighted by Crippen LogP contribution is -1.80. The van der Waals surface area contributed by atoms with Gasteiger partial charge in [-0.2, -0.15) is 0 Å². The maximum absolute atomic E-state index is 8.72. The zero-order valence-corrected chi connectivity index (χ0v) is 7.03. The number of aliphatic hydroxyl groups excluding tert-OH is 1. The summed E-state index contributed by atoms with van der Waals surface area (Å²) in [4.78, 5) is 5.45. The maximum atomic E-state index is 8.72. The zero-order chi connectivity index (χ0) is 7.56. The van der Waals surface area contributed by atoms with Crippen LogP contribution in [-0.2, 0) is 13.0 Å². The number of hydrogen-bond donors (Lipinski definition) is 1. The predicted molar refractivity (Wildman–Crippen MR) is 42.2 cm³/mol. The van der Waals surface area contributed by atoms with E-state index in [1.165, 1.54) is 4.88 Å². The molecule has 0 aliphatic heterocycles. The molecule has 0 saturated carbocycles. The number of rotatable bonds is 2. The van der Waals surface area contributed by atoms with E-state index in [-0.39, 0.29) is 6.61 Å². The standard InChI is InChI=1S/C7H11NOS/c1-3-6-5(2)8-7(4-9)10-6/h9H,3-4H2,1-2H3. The average Bonchev–Trinajstić information content (AvgIpc) is 2.30. The summed E-state index contributed by atoms with van der Waals surface area (Å²) in [5, 5.41) is 9.55. The van der Waals surface area contributed by atoms with E-state index >= 15 is 0 Å². The van der Waals surface area contributed by atoms with Crippen LogP contribution in [0, 0.1) is 6.92 Å². The van der Waals surface area contributed by atoms with Crippen molar-refractivity contribution in [2.75, 3.05) is 0 Å². The molecule has 1 aromatic rings. The zero-order valence-electron chi connectivity index (χ0n) is 6.22. The Labute approximate surface area is 64.5 Å². The second-order valence-corrected chi connectivity index (χ2v) is 3.30. The Hall–Kier alpha value is -0.410. The van der Waals surface area contributed by atoms with Crippen LogP contribution in [0.2, 0.25) is 0 Å². The Morgan fingerprint density at radius 2 is 2.30 bits per heavy atom. The molecular formula is C7H11NOS.